The molecular weight excluding hydrogens is 274 g/mol. The number of aryl methyl sites for hydroxylation is 1. The van der Waals surface area contributed by atoms with E-state index in [0.29, 0.717) is 5.69 Å². The van der Waals surface area contributed by atoms with Crippen LogP contribution >= 0.6 is 11.6 Å². The third-order valence-corrected chi connectivity index (χ3v) is 2.81. The largest absolute Gasteiger partial charge is 0.478 e. The van der Waals surface area contributed by atoms with Crippen LogP contribution in [0.4, 0.5) is 5.82 Å². The van der Waals surface area contributed by atoms with Crippen molar-refractivity contribution in [3.8, 4) is 5.69 Å². The van der Waals surface area contributed by atoms with Crippen molar-refractivity contribution in [1.29, 1.82) is 0 Å². The predicted molar refractivity (Wildman–Crippen MR) is 66.9 cm³/mol. The van der Waals surface area contributed by atoms with Gasteiger partial charge in [-0.05, 0) is 24.0 Å². The van der Waals surface area contributed by atoms with Gasteiger partial charge in [-0.2, -0.15) is 0 Å². The highest BCUT2D eigenvalue weighted by atomic mass is 35.5. The number of hydrogen-bond acceptors (Lipinski definition) is 4. The molecule has 0 amide bonds. The van der Waals surface area contributed by atoms with Gasteiger partial charge in [-0.3, -0.25) is 0 Å². The summed E-state index contributed by atoms with van der Waals surface area (Å²) in [6, 6.07) is 5.73. The first-order valence-corrected chi connectivity index (χ1v) is 5.53. The Kier molecular flexibility index (Phi) is 3.22. The van der Waals surface area contributed by atoms with Gasteiger partial charge in [0.05, 0.1) is 21.9 Å². The molecule has 0 atom stereocenters. The summed E-state index contributed by atoms with van der Waals surface area (Å²) in [6.45, 7) is 1.59. The fourth-order valence-corrected chi connectivity index (χ4v) is 1.94. The predicted octanol–water partition coefficient (Wildman–Crippen LogP) is 2.44. The molecule has 0 aliphatic heterocycles. The van der Waals surface area contributed by atoms with Crippen molar-refractivity contribution in [2.75, 3.05) is 0 Å². The number of carboxylic acids is 1. The zero-order valence-corrected chi connectivity index (χ0v) is 10.5. The number of carboxylic acid groups (broad SMARTS) is 1. The number of aromatic nitrogens is 2. The summed E-state index contributed by atoms with van der Waals surface area (Å²) >= 11 is 5.84. The van der Waals surface area contributed by atoms with Gasteiger partial charge in [0.25, 0.3) is 0 Å². The molecule has 1 aromatic carbocycles. The summed E-state index contributed by atoms with van der Waals surface area (Å²) in [7, 11) is 0. The molecule has 0 spiro atoms. The lowest BCUT2D eigenvalue weighted by Crippen LogP contribution is -2.08. The van der Waals surface area contributed by atoms with Crippen LogP contribution in [0, 0.1) is 17.0 Å². The molecule has 0 aliphatic rings. The SMILES string of the molecule is Cc1cc([N+](=O)[O-])nn1-c1cccc(Cl)c1C(=O)O. The van der Waals surface area contributed by atoms with Gasteiger partial charge >= 0.3 is 11.8 Å². The van der Waals surface area contributed by atoms with E-state index in [4.69, 9.17) is 16.7 Å². The lowest BCUT2D eigenvalue weighted by molar-refractivity contribution is -0.389. The number of rotatable bonds is 3. The van der Waals surface area contributed by atoms with E-state index in [1.807, 2.05) is 0 Å². The highest BCUT2D eigenvalue weighted by Gasteiger charge is 2.22. The molecule has 0 saturated heterocycles. The Morgan fingerprint density at radius 2 is 2.21 bits per heavy atom. The number of hydrogen-bond donors (Lipinski definition) is 1. The van der Waals surface area contributed by atoms with Gasteiger partial charge in [-0.25, -0.2) is 4.79 Å². The van der Waals surface area contributed by atoms with Crippen molar-refractivity contribution >= 4 is 23.4 Å². The van der Waals surface area contributed by atoms with Crippen LogP contribution in [0.15, 0.2) is 24.3 Å². The van der Waals surface area contributed by atoms with Crippen molar-refractivity contribution in [3.05, 3.63) is 50.7 Å². The van der Waals surface area contributed by atoms with Crippen molar-refractivity contribution < 1.29 is 14.8 Å². The maximum atomic E-state index is 11.2. The highest BCUT2D eigenvalue weighted by Crippen LogP contribution is 2.25. The lowest BCUT2D eigenvalue weighted by atomic mass is 10.2. The molecule has 1 aromatic heterocycles. The van der Waals surface area contributed by atoms with Gasteiger partial charge in [0.2, 0.25) is 0 Å². The summed E-state index contributed by atoms with van der Waals surface area (Å²) < 4.78 is 1.19. The van der Waals surface area contributed by atoms with E-state index < -0.39 is 10.9 Å². The minimum atomic E-state index is -1.22. The molecule has 1 N–H and O–H groups in total. The Labute approximate surface area is 112 Å². The Hall–Kier alpha value is -2.41. The minimum Gasteiger partial charge on any atom is -0.478 e. The van der Waals surface area contributed by atoms with E-state index in [1.54, 1.807) is 13.0 Å². The van der Waals surface area contributed by atoms with Crippen LogP contribution in [-0.4, -0.2) is 25.8 Å². The second-order valence-corrected chi connectivity index (χ2v) is 4.16. The van der Waals surface area contributed by atoms with E-state index in [9.17, 15) is 14.9 Å². The molecule has 0 saturated carbocycles. The standard InChI is InChI=1S/C11H8ClN3O4/c1-6-5-9(15(18)19)13-14(6)8-4-2-3-7(12)10(8)11(16)17/h2-5H,1H3,(H,16,17). The average Bonchev–Trinajstić information content (AvgIpc) is 2.70. The van der Waals surface area contributed by atoms with Crippen LogP contribution in [0.5, 0.6) is 0 Å². The highest BCUT2D eigenvalue weighted by molar-refractivity contribution is 6.34. The molecule has 0 radical (unpaired) electrons. The zero-order chi connectivity index (χ0) is 14.2. The zero-order valence-electron chi connectivity index (χ0n) is 9.70. The van der Waals surface area contributed by atoms with E-state index in [0.717, 1.165) is 0 Å². The normalized spacial score (nSPS) is 10.4. The van der Waals surface area contributed by atoms with Crippen molar-refractivity contribution in [2.45, 2.75) is 6.92 Å². The van der Waals surface area contributed by atoms with Crippen LogP contribution in [0.3, 0.4) is 0 Å². The number of carbonyl (C=O) groups is 1. The van der Waals surface area contributed by atoms with Gasteiger partial charge < -0.3 is 15.2 Å². The number of aromatic carboxylic acids is 1. The fraction of sp³-hybridized carbons (Fsp3) is 0.0909. The number of nitrogens with zero attached hydrogens (tertiary/aromatic N) is 3. The molecule has 2 aromatic rings. The third kappa shape index (κ3) is 2.27. The molecule has 1 heterocycles. The Morgan fingerprint density at radius 1 is 1.53 bits per heavy atom. The number of halogens is 1. The molecule has 0 unspecified atom stereocenters. The number of nitro groups is 1. The molecule has 0 bridgehead atoms. The van der Waals surface area contributed by atoms with Gasteiger partial charge in [-0.15, -0.1) is 4.68 Å². The smallest absolute Gasteiger partial charge is 0.390 e. The molecule has 0 aliphatic carbocycles. The molecule has 98 valence electrons. The Balaban J connectivity index is 2.69. The van der Waals surface area contributed by atoms with Crippen LogP contribution in [-0.2, 0) is 0 Å². The lowest BCUT2D eigenvalue weighted by Gasteiger charge is -2.06. The van der Waals surface area contributed by atoms with E-state index in [1.165, 1.54) is 22.9 Å². The topological polar surface area (TPSA) is 98.3 Å². The second kappa shape index (κ2) is 4.69. The maximum Gasteiger partial charge on any atom is 0.390 e. The van der Waals surface area contributed by atoms with Crippen molar-refractivity contribution in [2.24, 2.45) is 0 Å². The van der Waals surface area contributed by atoms with E-state index >= 15 is 0 Å². The fourth-order valence-electron chi connectivity index (χ4n) is 1.69. The van der Waals surface area contributed by atoms with E-state index in [2.05, 4.69) is 5.10 Å². The maximum absolute atomic E-state index is 11.2. The summed E-state index contributed by atoms with van der Waals surface area (Å²) in [4.78, 5) is 21.2. The first kappa shape index (κ1) is 13.0. The molecule has 2 rings (SSSR count). The first-order valence-electron chi connectivity index (χ1n) is 5.15. The molecule has 7 nitrogen and oxygen atoms in total. The molecule has 8 heteroatoms. The summed E-state index contributed by atoms with van der Waals surface area (Å²) in [5, 5.41) is 23.6. The van der Waals surface area contributed by atoms with Gasteiger partial charge in [0, 0.05) is 0 Å². The quantitative estimate of drug-likeness (QED) is 0.688. The third-order valence-electron chi connectivity index (χ3n) is 2.50. The summed E-state index contributed by atoms with van der Waals surface area (Å²) in [6.07, 6.45) is 0. The average molecular weight is 282 g/mol. The van der Waals surface area contributed by atoms with Crippen molar-refractivity contribution in [3.63, 3.8) is 0 Å². The molecule has 0 fully saturated rings. The monoisotopic (exact) mass is 281 g/mol. The van der Waals surface area contributed by atoms with Crippen LogP contribution < -0.4 is 0 Å². The Morgan fingerprint density at radius 3 is 2.74 bits per heavy atom. The van der Waals surface area contributed by atoms with Gasteiger partial charge in [0.15, 0.2) is 0 Å². The minimum absolute atomic E-state index is 0.0440. The van der Waals surface area contributed by atoms with Gasteiger partial charge in [-0.1, -0.05) is 17.7 Å². The Bertz CT molecular complexity index is 681. The summed E-state index contributed by atoms with van der Waals surface area (Å²) in [5.41, 5.74) is 0.479. The molecular formula is C11H8ClN3O4. The summed E-state index contributed by atoms with van der Waals surface area (Å²) in [5.74, 6) is -1.58. The van der Waals surface area contributed by atoms with Crippen LogP contribution in [0.25, 0.3) is 5.69 Å². The van der Waals surface area contributed by atoms with Crippen LogP contribution in [0.2, 0.25) is 5.02 Å². The second-order valence-electron chi connectivity index (χ2n) is 3.75. The molecule has 19 heavy (non-hydrogen) atoms. The van der Waals surface area contributed by atoms with Crippen LogP contribution in [0.1, 0.15) is 16.1 Å². The van der Waals surface area contributed by atoms with Gasteiger partial charge in [0.1, 0.15) is 11.3 Å². The first-order chi connectivity index (χ1) is 8.91. The number of benzene rings is 1. The van der Waals surface area contributed by atoms with Crippen molar-refractivity contribution in [1.82, 2.24) is 9.78 Å². The van der Waals surface area contributed by atoms with E-state index in [-0.39, 0.29) is 22.1 Å².